The van der Waals surface area contributed by atoms with Crippen molar-refractivity contribution in [2.45, 2.75) is 11.9 Å². The van der Waals surface area contributed by atoms with Crippen LogP contribution in [-0.4, -0.2) is 25.5 Å². The molecule has 1 aliphatic rings. The molecule has 0 spiro atoms. The molecule has 0 unspecified atom stereocenters. The first-order chi connectivity index (χ1) is 8.33. The molecule has 1 fully saturated rings. The van der Waals surface area contributed by atoms with Crippen LogP contribution in [0.25, 0.3) is 5.57 Å². The van der Waals surface area contributed by atoms with E-state index in [1.807, 2.05) is 30.5 Å². The minimum absolute atomic E-state index is 0.284. The molecule has 1 saturated heterocycles. The van der Waals surface area contributed by atoms with Crippen LogP contribution in [0.4, 0.5) is 0 Å². The molecular weight excluding hydrogens is 236 g/mol. The van der Waals surface area contributed by atoms with Gasteiger partial charge in [-0.3, -0.25) is 4.99 Å². The Hall–Kier alpha value is -1.32. The largest absolute Gasteiger partial charge is 0.404 e. The Bertz CT molecular complexity index is 422. The molecule has 3 nitrogen and oxygen atoms in total. The van der Waals surface area contributed by atoms with E-state index < -0.39 is 0 Å². The lowest BCUT2D eigenvalue weighted by Gasteiger charge is -2.21. The summed E-state index contributed by atoms with van der Waals surface area (Å²) in [7, 11) is 0. The SMILES string of the molecule is N/C=C(\C=NC1COC1)c1ccc(CCl)cc1. The quantitative estimate of drug-likeness (QED) is 0.658. The predicted octanol–water partition coefficient (Wildman–Crippen LogP) is 2.19. The number of nitrogens with zero attached hydrogens (tertiary/aromatic N) is 1. The van der Waals surface area contributed by atoms with Gasteiger partial charge >= 0.3 is 0 Å². The van der Waals surface area contributed by atoms with E-state index in [-0.39, 0.29) is 6.04 Å². The number of benzene rings is 1. The van der Waals surface area contributed by atoms with E-state index in [9.17, 15) is 0 Å². The maximum absolute atomic E-state index is 5.74. The van der Waals surface area contributed by atoms with E-state index in [1.54, 1.807) is 6.20 Å². The molecule has 1 aromatic carbocycles. The number of ether oxygens (including phenoxy) is 1. The third-order valence-corrected chi connectivity index (χ3v) is 2.97. The Morgan fingerprint density at radius 1 is 1.41 bits per heavy atom. The second-order valence-corrected chi connectivity index (χ2v) is 4.19. The normalized spacial score (nSPS) is 17.4. The molecule has 1 aliphatic heterocycles. The standard InChI is InChI=1S/C13H15ClN2O/c14-5-10-1-3-11(4-2-10)12(6-15)7-16-13-8-17-9-13/h1-4,6-7,13H,5,8-9,15H2/b12-6+,16-7?. The lowest BCUT2D eigenvalue weighted by molar-refractivity contribution is 0.0136. The number of alkyl halides is 1. The van der Waals surface area contributed by atoms with Gasteiger partial charge in [0.15, 0.2) is 0 Å². The van der Waals surface area contributed by atoms with Crippen molar-refractivity contribution in [1.29, 1.82) is 0 Å². The maximum atomic E-state index is 5.74. The Morgan fingerprint density at radius 3 is 2.59 bits per heavy atom. The highest BCUT2D eigenvalue weighted by atomic mass is 35.5. The van der Waals surface area contributed by atoms with E-state index >= 15 is 0 Å². The first-order valence-corrected chi connectivity index (χ1v) is 6.05. The molecule has 1 heterocycles. The van der Waals surface area contributed by atoms with E-state index in [4.69, 9.17) is 22.1 Å². The van der Waals surface area contributed by atoms with Crippen LogP contribution in [0.3, 0.4) is 0 Å². The molecule has 1 aromatic rings. The van der Waals surface area contributed by atoms with Crippen molar-refractivity contribution in [3.8, 4) is 0 Å². The smallest absolute Gasteiger partial charge is 0.0966 e. The fourth-order valence-corrected chi connectivity index (χ4v) is 1.67. The molecular formula is C13H15ClN2O. The molecule has 2 N–H and O–H groups in total. The van der Waals surface area contributed by atoms with E-state index in [2.05, 4.69) is 4.99 Å². The highest BCUT2D eigenvalue weighted by molar-refractivity contribution is 6.17. The molecule has 0 bridgehead atoms. The van der Waals surface area contributed by atoms with E-state index in [1.165, 1.54) is 0 Å². The molecule has 0 amide bonds. The third-order valence-electron chi connectivity index (χ3n) is 2.67. The summed E-state index contributed by atoms with van der Waals surface area (Å²) in [5.41, 5.74) is 8.67. The van der Waals surface area contributed by atoms with E-state index in [0.29, 0.717) is 19.1 Å². The van der Waals surface area contributed by atoms with Gasteiger partial charge in [0.2, 0.25) is 0 Å². The van der Waals surface area contributed by atoms with Gasteiger partial charge < -0.3 is 10.5 Å². The summed E-state index contributed by atoms with van der Waals surface area (Å²) in [5, 5.41) is 0. The summed E-state index contributed by atoms with van der Waals surface area (Å²) in [4.78, 5) is 4.40. The zero-order valence-corrected chi connectivity index (χ0v) is 10.2. The predicted molar refractivity (Wildman–Crippen MR) is 71.3 cm³/mol. The average Bonchev–Trinajstić information content (AvgIpc) is 2.33. The van der Waals surface area contributed by atoms with E-state index in [0.717, 1.165) is 16.7 Å². The average molecular weight is 251 g/mol. The summed E-state index contributed by atoms with van der Waals surface area (Å²) >= 11 is 5.74. The number of aliphatic imine (C=N–C) groups is 1. The monoisotopic (exact) mass is 250 g/mol. The van der Waals surface area contributed by atoms with Crippen molar-refractivity contribution in [3.63, 3.8) is 0 Å². The Kier molecular flexibility index (Phi) is 4.18. The van der Waals surface area contributed by atoms with Crippen LogP contribution < -0.4 is 5.73 Å². The minimum Gasteiger partial charge on any atom is -0.404 e. The van der Waals surface area contributed by atoms with Gasteiger partial charge in [0, 0.05) is 23.9 Å². The Morgan fingerprint density at radius 2 is 2.12 bits per heavy atom. The maximum Gasteiger partial charge on any atom is 0.0966 e. The van der Waals surface area contributed by atoms with Crippen molar-refractivity contribution in [2.75, 3.05) is 13.2 Å². The van der Waals surface area contributed by atoms with Crippen LogP contribution in [0.15, 0.2) is 35.5 Å². The zero-order valence-electron chi connectivity index (χ0n) is 9.47. The van der Waals surface area contributed by atoms with Gasteiger partial charge in [-0.15, -0.1) is 11.6 Å². The van der Waals surface area contributed by atoms with Crippen LogP contribution in [-0.2, 0) is 10.6 Å². The van der Waals surface area contributed by atoms with Gasteiger partial charge in [-0.2, -0.15) is 0 Å². The van der Waals surface area contributed by atoms with Gasteiger partial charge in [-0.1, -0.05) is 24.3 Å². The lowest BCUT2D eigenvalue weighted by Crippen LogP contribution is -2.31. The minimum atomic E-state index is 0.284. The zero-order chi connectivity index (χ0) is 12.1. The number of nitrogens with two attached hydrogens (primary N) is 1. The number of hydrogen-bond acceptors (Lipinski definition) is 3. The van der Waals surface area contributed by atoms with Crippen LogP contribution in [0.5, 0.6) is 0 Å². The molecule has 0 aromatic heterocycles. The number of allylic oxidation sites excluding steroid dienone is 1. The third kappa shape index (κ3) is 3.08. The number of hydrogen-bond donors (Lipinski definition) is 1. The van der Waals surface area contributed by atoms with Crippen LogP contribution >= 0.6 is 11.6 Å². The highest BCUT2D eigenvalue weighted by Gasteiger charge is 2.15. The van der Waals surface area contributed by atoms with Crippen molar-refractivity contribution in [1.82, 2.24) is 0 Å². The summed E-state index contributed by atoms with van der Waals surface area (Å²) < 4.78 is 5.06. The van der Waals surface area contributed by atoms with Crippen molar-refractivity contribution in [2.24, 2.45) is 10.7 Å². The molecule has 4 heteroatoms. The Labute approximate surface area is 106 Å². The molecule has 17 heavy (non-hydrogen) atoms. The molecule has 0 aliphatic carbocycles. The topological polar surface area (TPSA) is 47.6 Å². The fourth-order valence-electron chi connectivity index (χ4n) is 1.50. The fraction of sp³-hybridized carbons (Fsp3) is 0.308. The summed E-state index contributed by atoms with van der Waals surface area (Å²) in [6.45, 7) is 1.42. The highest BCUT2D eigenvalue weighted by Crippen LogP contribution is 2.15. The van der Waals surface area contributed by atoms with Crippen molar-refractivity contribution >= 4 is 23.4 Å². The summed E-state index contributed by atoms with van der Waals surface area (Å²) in [6, 6.07) is 8.27. The number of halogens is 1. The van der Waals surface area contributed by atoms with Gasteiger partial charge in [0.05, 0.1) is 19.3 Å². The van der Waals surface area contributed by atoms with Crippen molar-refractivity contribution < 1.29 is 4.74 Å². The van der Waals surface area contributed by atoms with Gasteiger partial charge in [0.1, 0.15) is 0 Å². The van der Waals surface area contributed by atoms with Crippen molar-refractivity contribution in [3.05, 3.63) is 41.6 Å². The second kappa shape index (κ2) is 5.84. The molecule has 0 atom stereocenters. The number of rotatable bonds is 4. The summed E-state index contributed by atoms with van der Waals surface area (Å²) in [6.07, 6.45) is 3.38. The molecule has 90 valence electrons. The molecule has 0 radical (unpaired) electrons. The van der Waals surface area contributed by atoms with Crippen LogP contribution in [0, 0.1) is 0 Å². The molecule has 2 rings (SSSR count). The first kappa shape index (κ1) is 12.1. The lowest BCUT2D eigenvalue weighted by atomic mass is 10.1. The summed E-state index contributed by atoms with van der Waals surface area (Å²) in [5.74, 6) is 0.523. The van der Waals surface area contributed by atoms with Gasteiger partial charge in [-0.05, 0) is 11.1 Å². The van der Waals surface area contributed by atoms with Crippen LogP contribution in [0.1, 0.15) is 11.1 Å². The Balaban J connectivity index is 2.08. The van der Waals surface area contributed by atoms with Crippen LogP contribution in [0.2, 0.25) is 0 Å². The first-order valence-electron chi connectivity index (χ1n) is 5.51. The van der Waals surface area contributed by atoms with Gasteiger partial charge in [0.25, 0.3) is 0 Å². The van der Waals surface area contributed by atoms with Gasteiger partial charge in [-0.25, -0.2) is 0 Å². The molecule has 0 saturated carbocycles. The second-order valence-electron chi connectivity index (χ2n) is 3.92.